The normalized spacial score (nSPS) is 10.2. The van der Waals surface area contributed by atoms with Crippen LogP contribution in [0.5, 0.6) is 11.5 Å². The highest BCUT2D eigenvalue weighted by atomic mass is 16.5. The molecule has 0 fully saturated rings. The van der Waals surface area contributed by atoms with Crippen molar-refractivity contribution in [2.45, 2.75) is 0 Å². The lowest BCUT2D eigenvalue weighted by Crippen LogP contribution is -2.12. The van der Waals surface area contributed by atoms with E-state index in [2.05, 4.69) is 5.32 Å². The van der Waals surface area contributed by atoms with Gasteiger partial charge < -0.3 is 19.9 Å². The Labute approximate surface area is 162 Å². The van der Waals surface area contributed by atoms with Crippen LogP contribution in [0.4, 0.5) is 5.69 Å². The van der Waals surface area contributed by atoms with Gasteiger partial charge in [-0.2, -0.15) is 0 Å². The van der Waals surface area contributed by atoms with E-state index < -0.39 is 5.97 Å². The third-order valence-electron chi connectivity index (χ3n) is 4.21. The standard InChI is InChI=1S/C22H19NO5/c1-27-18-9-10-19(20(13-18)28-2)14-5-3-6-15(11-14)21(24)23-17-8-4-7-16(12-17)22(25)26/h3-13H,1-2H3,(H,23,24)(H,25,26). The predicted molar refractivity (Wildman–Crippen MR) is 106 cm³/mol. The second-order valence-electron chi connectivity index (χ2n) is 5.99. The van der Waals surface area contributed by atoms with Crippen LogP contribution >= 0.6 is 0 Å². The predicted octanol–water partition coefficient (Wildman–Crippen LogP) is 4.32. The number of hydrogen-bond acceptors (Lipinski definition) is 4. The van der Waals surface area contributed by atoms with Crippen LogP contribution in [0.3, 0.4) is 0 Å². The van der Waals surface area contributed by atoms with Crippen LogP contribution < -0.4 is 14.8 Å². The number of hydrogen-bond donors (Lipinski definition) is 2. The largest absolute Gasteiger partial charge is 0.497 e. The highest BCUT2D eigenvalue weighted by molar-refractivity contribution is 6.05. The van der Waals surface area contributed by atoms with E-state index in [9.17, 15) is 9.59 Å². The molecule has 2 N–H and O–H groups in total. The molecule has 3 aromatic carbocycles. The Bertz CT molecular complexity index is 1030. The lowest BCUT2D eigenvalue weighted by molar-refractivity contribution is 0.0696. The van der Waals surface area contributed by atoms with Crippen molar-refractivity contribution in [1.82, 2.24) is 0 Å². The minimum absolute atomic E-state index is 0.106. The van der Waals surface area contributed by atoms with Gasteiger partial charge in [0, 0.05) is 22.9 Å². The zero-order valence-corrected chi connectivity index (χ0v) is 15.4. The van der Waals surface area contributed by atoms with E-state index in [-0.39, 0.29) is 11.5 Å². The first kappa shape index (κ1) is 19.0. The Balaban J connectivity index is 1.88. The number of aromatic carboxylic acids is 1. The molecule has 0 aliphatic heterocycles. The number of carboxylic acids is 1. The highest BCUT2D eigenvalue weighted by Gasteiger charge is 2.12. The number of carbonyl (C=O) groups excluding carboxylic acids is 1. The third-order valence-corrected chi connectivity index (χ3v) is 4.21. The second-order valence-corrected chi connectivity index (χ2v) is 5.99. The van der Waals surface area contributed by atoms with Gasteiger partial charge in [-0.3, -0.25) is 4.79 Å². The van der Waals surface area contributed by atoms with Crippen LogP contribution in [0.1, 0.15) is 20.7 Å². The lowest BCUT2D eigenvalue weighted by atomic mass is 10.0. The molecule has 28 heavy (non-hydrogen) atoms. The number of benzene rings is 3. The molecule has 3 rings (SSSR count). The Morgan fingerprint density at radius 2 is 1.61 bits per heavy atom. The number of rotatable bonds is 6. The summed E-state index contributed by atoms with van der Waals surface area (Å²) < 4.78 is 10.7. The van der Waals surface area contributed by atoms with Crippen LogP contribution in [-0.4, -0.2) is 31.2 Å². The van der Waals surface area contributed by atoms with Crippen molar-refractivity contribution in [3.63, 3.8) is 0 Å². The summed E-state index contributed by atoms with van der Waals surface area (Å²) in [6.45, 7) is 0. The lowest BCUT2D eigenvalue weighted by Gasteiger charge is -2.12. The minimum atomic E-state index is -1.05. The summed E-state index contributed by atoms with van der Waals surface area (Å²) in [4.78, 5) is 23.7. The van der Waals surface area contributed by atoms with Gasteiger partial charge in [-0.15, -0.1) is 0 Å². The number of nitrogens with one attached hydrogen (secondary N) is 1. The van der Waals surface area contributed by atoms with Gasteiger partial charge in [0.2, 0.25) is 0 Å². The van der Waals surface area contributed by atoms with Crippen LogP contribution in [0.2, 0.25) is 0 Å². The first-order valence-electron chi connectivity index (χ1n) is 8.49. The molecule has 0 aliphatic rings. The van der Waals surface area contributed by atoms with Gasteiger partial charge in [0.05, 0.1) is 19.8 Å². The zero-order chi connectivity index (χ0) is 20.1. The Hall–Kier alpha value is -3.80. The van der Waals surface area contributed by atoms with Crippen molar-refractivity contribution in [2.75, 3.05) is 19.5 Å². The van der Waals surface area contributed by atoms with Gasteiger partial charge in [0.25, 0.3) is 5.91 Å². The summed E-state index contributed by atoms with van der Waals surface area (Å²) in [6, 6.07) is 18.7. The Morgan fingerprint density at radius 3 is 2.32 bits per heavy atom. The quantitative estimate of drug-likeness (QED) is 0.668. The van der Waals surface area contributed by atoms with Gasteiger partial charge in [-0.05, 0) is 48.0 Å². The number of anilines is 1. The molecule has 0 unspecified atom stereocenters. The van der Waals surface area contributed by atoms with Gasteiger partial charge >= 0.3 is 5.97 Å². The number of methoxy groups -OCH3 is 2. The van der Waals surface area contributed by atoms with E-state index in [0.717, 1.165) is 11.1 Å². The third kappa shape index (κ3) is 4.12. The van der Waals surface area contributed by atoms with Crippen molar-refractivity contribution in [3.8, 4) is 22.6 Å². The van der Waals surface area contributed by atoms with Crippen molar-refractivity contribution in [2.24, 2.45) is 0 Å². The molecular formula is C22H19NO5. The fourth-order valence-electron chi connectivity index (χ4n) is 2.80. The maximum absolute atomic E-state index is 12.6. The first-order chi connectivity index (χ1) is 13.5. The van der Waals surface area contributed by atoms with Crippen LogP contribution in [-0.2, 0) is 0 Å². The fraction of sp³-hybridized carbons (Fsp3) is 0.0909. The van der Waals surface area contributed by atoms with Gasteiger partial charge in [0.15, 0.2) is 0 Å². The SMILES string of the molecule is COc1ccc(-c2cccc(C(=O)Nc3cccc(C(=O)O)c3)c2)c(OC)c1. The summed E-state index contributed by atoms with van der Waals surface area (Å²) in [5, 5.41) is 11.8. The summed E-state index contributed by atoms with van der Waals surface area (Å²) in [5.41, 5.74) is 2.60. The molecule has 0 radical (unpaired) electrons. The summed E-state index contributed by atoms with van der Waals surface area (Å²) in [7, 11) is 3.16. The number of carboxylic acid groups (broad SMARTS) is 1. The van der Waals surface area contributed by atoms with E-state index in [1.807, 2.05) is 18.2 Å². The molecule has 6 nitrogen and oxygen atoms in total. The molecule has 0 spiro atoms. The van der Waals surface area contributed by atoms with E-state index in [4.69, 9.17) is 14.6 Å². The monoisotopic (exact) mass is 377 g/mol. The Kier molecular flexibility index (Phi) is 5.60. The van der Waals surface area contributed by atoms with Gasteiger partial charge in [-0.25, -0.2) is 4.79 Å². The molecule has 0 saturated carbocycles. The summed E-state index contributed by atoms with van der Waals surface area (Å²) in [5.74, 6) is -0.0829. The van der Waals surface area contributed by atoms with Gasteiger partial charge in [0.1, 0.15) is 11.5 Å². The molecule has 6 heteroatoms. The average molecular weight is 377 g/mol. The second kappa shape index (κ2) is 8.26. The molecule has 0 bridgehead atoms. The molecule has 142 valence electrons. The smallest absolute Gasteiger partial charge is 0.335 e. The molecule has 0 atom stereocenters. The van der Waals surface area contributed by atoms with Crippen molar-refractivity contribution in [3.05, 3.63) is 77.9 Å². The molecule has 3 aromatic rings. The molecule has 0 aromatic heterocycles. The summed E-state index contributed by atoms with van der Waals surface area (Å²) in [6.07, 6.45) is 0. The molecule has 0 aliphatic carbocycles. The van der Waals surface area contributed by atoms with E-state index in [1.54, 1.807) is 50.6 Å². The zero-order valence-electron chi connectivity index (χ0n) is 15.4. The maximum atomic E-state index is 12.6. The number of amides is 1. The van der Waals surface area contributed by atoms with Crippen molar-refractivity contribution in [1.29, 1.82) is 0 Å². The van der Waals surface area contributed by atoms with E-state index >= 15 is 0 Å². The topological polar surface area (TPSA) is 84.9 Å². The van der Waals surface area contributed by atoms with Crippen LogP contribution in [0.15, 0.2) is 66.7 Å². The maximum Gasteiger partial charge on any atom is 0.335 e. The summed E-state index contributed by atoms with van der Waals surface area (Å²) >= 11 is 0. The van der Waals surface area contributed by atoms with Gasteiger partial charge in [-0.1, -0.05) is 18.2 Å². The van der Waals surface area contributed by atoms with E-state index in [0.29, 0.717) is 22.7 Å². The first-order valence-corrected chi connectivity index (χ1v) is 8.49. The molecule has 0 saturated heterocycles. The molecule has 1 amide bonds. The number of ether oxygens (including phenoxy) is 2. The fourth-order valence-corrected chi connectivity index (χ4v) is 2.80. The Morgan fingerprint density at radius 1 is 0.857 bits per heavy atom. The van der Waals surface area contributed by atoms with Crippen molar-refractivity contribution < 1.29 is 24.2 Å². The molecular weight excluding hydrogens is 358 g/mol. The van der Waals surface area contributed by atoms with Crippen LogP contribution in [0, 0.1) is 0 Å². The minimum Gasteiger partial charge on any atom is -0.497 e. The van der Waals surface area contributed by atoms with Crippen LogP contribution in [0.25, 0.3) is 11.1 Å². The van der Waals surface area contributed by atoms with E-state index in [1.165, 1.54) is 12.1 Å². The van der Waals surface area contributed by atoms with Crippen molar-refractivity contribution >= 4 is 17.6 Å². The number of carbonyl (C=O) groups is 2. The highest BCUT2D eigenvalue weighted by Crippen LogP contribution is 2.33. The molecule has 0 heterocycles. The average Bonchev–Trinajstić information content (AvgIpc) is 2.73.